The molecule has 104 valence electrons. The fourth-order valence-electron chi connectivity index (χ4n) is 2.90. The number of aryl methyl sites for hydroxylation is 2. The summed E-state index contributed by atoms with van der Waals surface area (Å²) in [5.41, 5.74) is 5.65. The molecule has 0 aliphatic heterocycles. The van der Waals surface area contributed by atoms with Crippen molar-refractivity contribution in [2.24, 2.45) is 0 Å². The fraction of sp³-hybridized carbons (Fsp3) is 0.333. The van der Waals surface area contributed by atoms with Gasteiger partial charge in [0.15, 0.2) is 0 Å². The van der Waals surface area contributed by atoms with Gasteiger partial charge in [-0.05, 0) is 73.6 Å². The zero-order chi connectivity index (χ0) is 13.9. The molecule has 1 nitrogen and oxygen atoms in total. The van der Waals surface area contributed by atoms with Crippen LogP contribution in [0.25, 0.3) is 0 Å². The van der Waals surface area contributed by atoms with Gasteiger partial charge in [0, 0.05) is 16.2 Å². The first kappa shape index (κ1) is 13.7. The molecule has 2 heteroatoms. The van der Waals surface area contributed by atoms with Crippen LogP contribution in [0, 0.1) is 0 Å². The third-order valence-electron chi connectivity index (χ3n) is 4.10. The normalized spacial score (nSPS) is 15.5. The molecule has 0 fully saturated rings. The highest BCUT2D eigenvalue weighted by atomic mass is 79.9. The molecule has 2 aromatic rings. The van der Waals surface area contributed by atoms with Crippen LogP contribution in [0.4, 0.5) is 5.69 Å². The van der Waals surface area contributed by atoms with E-state index in [9.17, 15) is 0 Å². The summed E-state index contributed by atoms with van der Waals surface area (Å²) in [6, 6.07) is 15.7. The van der Waals surface area contributed by atoms with Gasteiger partial charge in [-0.15, -0.1) is 0 Å². The summed E-state index contributed by atoms with van der Waals surface area (Å²) in [7, 11) is 0. The van der Waals surface area contributed by atoms with Crippen LogP contribution in [0.15, 0.2) is 46.9 Å². The smallest absolute Gasteiger partial charge is 0.0485 e. The minimum absolute atomic E-state index is 0.336. The van der Waals surface area contributed by atoms with E-state index in [1.54, 1.807) is 11.1 Å². The van der Waals surface area contributed by atoms with Gasteiger partial charge in [0.25, 0.3) is 0 Å². The molecule has 0 saturated carbocycles. The SMILES string of the molecule is CC(Nc1ccc(Br)cc1)c1ccc2c(c1)CCCC2. The molecule has 0 bridgehead atoms. The van der Waals surface area contributed by atoms with Gasteiger partial charge in [-0.2, -0.15) is 0 Å². The molecule has 1 unspecified atom stereocenters. The number of fused-ring (bicyclic) bond motifs is 1. The summed E-state index contributed by atoms with van der Waals surface area (Å²) in [5, 5.41) is 3.57. The van der Waals surface area contributed by atoms with Crippen LogP contribution in [-0.4, -0.2) is 0 Å². The Hall–Kier alpha value is -1.28. The van der Waals surface area contributed by atoms with Crippen LogP contribution in [-0.2, 0) is 12.8 Å². The van der Waals surface area contributed by atoms with E-state index in [2.05, 4.69) is 70.6 Å². The van der Waals surface area contributed by atoms with Crippen molar-refractivity contribution in [2.45, 2.75) is 38.6 Å². The largest absolute Gasteiger partial charge is 0.379 e. The summed E-state index contributed by atoms with van der Waals surface area (Å²) in [6.07, 6.45) is 5.18. The third-order valence-corrected chi connectivity index (χ3v) is 4.63. The standard InChI is InChI=1S/C18H20BrN/c1-13(20-18-10-8-17(19)9-11-18)15-7-6-14-4-2-3-5-16(14)12-15/h6-13,20H,2-5H2,1H3. The van der Waals surface area contributed by atoms with Crippen molar-refractivity contribution in [3.8, 4) is 0 Å². The summed E-state index contributed by atoms with van der Waals surface area (Å²) in [5.74, 6) is 0. The van der Waals surface area contributed by atoms with Gasteiger partial charge >= 0.3 is 0 Å². The monoisotopic (exact) mass is 329 g/mol. The molecular formula is C18H20BrN. The van der Waals surface area contributed by atoms with Crippen molar-refractivity contribution in [3.63, 3.8) is 0 Å². The second-order valence-corrected chi connectivity index (χ2v) is 6.52. The fourth-order valence-corrected chi connectivity index (χ4v) is 3.17. The molecule has 0 spiro atoms. The lowest BCUT2D eigenvalue weighted by Gasteiger charge is -2.20. The third kappa shape index (κ3) is 3.06. The first-order valence-corrected chi connectivity index (χ1v) is 8.15. The van der Waals surface area contributed by atoms with E-state index in [1.165, 1.54) is 36.9 Å². The number of anilines is 1. The zero-order valence-corrected chi connectivity index (χ0v) is 13.4. The second-order valence-electron chi connectivity index (χ2n) is 5.61. The van der Waals surface area contributed by atoms with E-state index < -0.39 is 0 Å². The Balaban J connectivity index is 1.76. The minimum Gasteiger partial charge on any atom is -0.379 e. The highest BCUT2D eigenvalue weighted by Gasteiger charge is 2.12. The number of nitrogens with one attached hydrogen (secondary N) is 1. The predicted octanol–water partition coefficient (Wildman–Crippen LogP) is 5.50. The van der Waals surface area contributed by atoms with Crippen molar-refractivity contribution in [1.82, 2.24) is 0 Å². The Morgan fingerprint density at radius 1 is 0.950 bits per heavy atom. The van der Waals surface area contributed by atoms with E-state index in [0.29, 0.717) is 6.04 Å². The van der Waals surface area contributed by atoms with Crippen LogP contribution in [0.1, 0.15) is 42.5 Å². The molecule has 3 rings (SSSR count). The molecule has 1 N–H and O–H groups in total. The molecule has 0 heterocycles. The van der Waals surface area contributed by atoms with Crippen molar-refractivity contribution >= 4 is 21.6 Å². The van der Waals surface area contributed by atoms with E-state index in [-0.39, 0.29) is 0 Å². The lowest BCUT2D eigenvalue weighted by molar-refractivity contribution is 0.683. The van der Waals surface area contributed by atoms with Gasteiger partial charge in [-0.25, -0.2) is 0 Å². The van der Waals surface area contributed by atoms with E-state index >= 15 is 0 Å². The van der Waals surface area contributed by atoms with Crippen molar-refractivity contribution in [2.75, 3.05) is 5.32 Å². The van der Waals surface area contributed by atoms with Crippen molar-refractivity contribution < 1.29 is 0 Å². The van der Waals surface area contributed by atoms with Crippen LogP contribution >= 0.6 is 15.9 Å². The summed E-state index contributed by atoms with van der Waals surface area (Å²) < 4.78 is 1.12. The molecule has 1 aliphatic carbocycles. The second kappa shape index (κ2) is 6.01. The van der Waals surface area contributed by atoms with Gasteiger partial charge in [-0.3, -0.25) is 0 Å². The number of rotatable bonds is 3. The average Bonchev–Trinajstić information content (AvgIpc) is 2.49. The average molecular weight is 330 g/mol. The Morgan fingerprint density at radius 3 is 2.40 bits per heavy atom. The van der Waals surface area contributed by atoms with Crippen LogP contribution < -0.4 is 5.32 Å². The molecule has 0 saturated heterocycles. The first-order chi connectivity index (χ1) is 9.72. The van der Waals surface area contributed by atoms with E-state index in [4.69, 9.17) is 0 Å². The maximum absolute atomic E-state index is 3.57. The topological polar surface area (TPSA) is 12.0 Å². The van der Waals surface area contributed by atoms with Crippen molar-refractivity contribution in [3.05, 3.63) is 63.6 Å². The maximum Gasteiger partial charge on any atom is 0.0485 e. The van der Waals surface area contributed by atoms with Gasteiger partial charge in [0.1, 0.15) is 0 Å². The van der Waals surface area contributed by atoms with E-state index in [1.807, 2.05) is 0 Å². The molecule has 0 amide bonds. The van der Waals surface area contributed by atoms with Crippen LogP contribution in [0.3, 0.4) is 0 Å². The van der Waals surface area contributed by atoms with Gasteiger partial charge < -0.3 is 5.32 Å². The first-order valence-electron chi connectivity index (χ1n) is 7.36. The quantitative estimate of drug-likeness (QED) is 0.783. The highest BCUT2D eigenvalue weighted by Crippen LogP contribution is 2.26. The summed E-state index contributed by atoms with van der Waals surface area (Å²) in [4.78, 5) is 0. The molecule has 0 radical (unpaired) electrons. The lowest BCUT2D eigenvalue weighted by atomic mass is 9.89. The number of hydrogen-bond acceptors (Lipinski definition) is 1. The molecule has 1 atom stereocenters. The molecule has 1 aliphatic rings. The molecule has 0 aromatic heterocycles. The zero-order valence-electron chi connectivity index (χ0n) is 11.8. The lowest BCUT2D eigenvalue weighted by Crippen LogP contribution is -2.09. The predicted molar refractivity (Wildman–Crippen MR) is 89.3 cm³/mol. The Morgan fingerprint density at radius 2 is 1.65 bits per heavy atom. The maximum atomic E-state index is 3.57. The Bertz CT molecular complexity index is 589. The highest BCUT2D eigenvalue weighted by molar-refractivity contribution is 9.10. The summed E-state index contributed by atoms with van der Waals surface area (Å²) in [6.45, 7) is 2.23. The van der Waals surface area contributed by atoms with Gasteiger partial charge in [0.05, 0.1) is 0 Å². The summed E-state index contributed by atoms with van der Waals surface area (Å²) >= 11 is 3.47. The number of hydrogen-bond donors (Lipinski definition) is 1. The van der Waals surface area contributed by atoms with Crippen molar-refractivity contribution in [1.29, 1.82) is 0 Å². The number of halogens is 1. The molecule has 20 heavy (non-hydrogen) atoms. The van der Waals surface area contributed by atoms with Crippen LogP contribution in [0.5, 0.6) is 0 Å². The Kier molecular flexibility index (Phi) is 4.11. The van der Waals surface area contributed by atoms with Gasteiger partial charge in [-0.1, -0.05) is 34.1 Å². The minimum atomic E-state index is 0.336. The Labute approximate surface area is 129 Å². The van der Waals surface area contributed by atoms with Gasteiger partial charge in [0.2, 0.25) is 0 Å². The number of benzene rings is 2. The van der Waals surface area contributed by atoms with Crippen LogP contribution in [0.2, 0.25) is 0 Å². The molecule has 2 aromatic carbocycles. The van der Waals surface area contributed by atoms with E-state index in [0.717, 1.165) is 4.47 Å². The molecular weight excluding hydrogens is 310 g/mol.